The summed E-state index contributed by atoms with van der Waals surface area (Å²) in [5.41, 5.74) is 4.88. The average Bonchev–Trinajstić information content (AvgIpc) is 2.80. The van der Waals surface area contributed by atoms with Gasteiger partial charge in [0.25, 0.3) is 0 Å². The van der Waals surface area contributed by atoms with Gasteiger partial charge in [0.1, 0.15) is 0 Å². The van der Waals surface area contributed by atoms with Crippen molar-refractivity contribution in [2.24, 2.45) is 5.41 Å². The van der Waals surface area contributed by atoms with Crippen molar-refractivity contribution in [1.82, 2.24) is 4.90 Å². The topological polar surface area (TPSA) is 24.9 Å². The fourth-order valence-corrected chi connectivity index (χ4v) is 5.90. The molecule has 0 bridgehead atoms. The van der Waals surface area contributed by atoms with Crippen molar-refractivity contribution in [3.05, 3.63) is 41.5 Å². The predicted octanol–water partition coefficient (Wildman–Crippen LogP) is 5.42. The fraction of sp³-hybridized carbons (Fsp3) is 0.714. The van der Waals surface area contributed by atoms with Gasteiger partial charge in [-0.05, 0) is 87.6 Å². The van der Waals surface area contributed by atoms with E-state index >= 15 is 0 Å². The molecule has 4 rings (SSSR count). The van der Waals surface area contributed by atoms with Crippen LogP contribution in [0, 0.1) is 5.41 Å². The molecule has 1 aromatic rings. The molecular weight excluding hydrogens is 396 g/mol. The minimum atomic E-state index is 0.133. The van der Waals surface area contributed by atoms with Gasteiger partial charge in [-0.15, -0.1) is 0 Å². The summed E-state index contributed by atoms with van der Waals surface area (Å²) in [6.07, 6.45) is 8.86. The first-order chi connectivity index (χ1) is 15.4. The summed E-state index contributed by atoms with van der Waals surface area (Å²) in [6, 6.07) is 9.85. The van der Waals surface area contributed by atoms with E-state index < -0.39 is 0 Å². The second-order valence-corrected chi connectivity index (χ2v) is 11.2. The summed E-state index contributed by atoms with van der Waals surface area (Å²) in [6.45, 7) is 17.4. The molecule has 4 nitrogen and oxygen atoms in total. The monoisotopic (exact) mass is 440 g/mol. The molecule has 1 spiro atoms. The number of benzene rings is 1. The molecule has 0 N–H and O–H groups in total. The van der Waals surface area contributed by atoms with Crippen LogP contribution in [0.2, 0.25) is 0 Å². The van der Waals surface area contributed by atoms with E-state index in [2.05, 4.69) is 67.8 Å². The zero-order chi connectivity index (χ0) is 22.6. The number of ether oxygens (including phenoxy) is 2. The van der Waals surface area contributed by atoms with E-state index in [0.29, 0.717) is 11.5 Å². The van der Waals surface area contributed by atoms with Crippen molar-refractivity contribution in [2.45, 2.75) is 71.3 Å². The van der Waals surface area contributed by atoms with Gasteiger partial charge in [-0.25, -0.2) is 0 Å². The number of hydrogen-bond acceptors (Lipinski definition) is 4. The number of rotatable bonds is 6. The number of hydrogen-bond donors (Lipinski definition) is 0. The number of anilines is 1. The number of nitrogens with zero attached hydrogens (tertiary/aromatic N) is 2. The molecule has 4 heteroatoms. The standard InChI is InChI=1S/C28H44N2O2/c1-23(2)21-26(29-13-9-28(10-14-29)11-17-31-18-12-28)22-27(3,4)24-5-7-25(8-6-24)30-15-19-32-20-16-30/h5-8,21,26H,9-20,22H2,1-4H3. The fourth-order valence-electron chi connectivity index (χ4n) is 5.90. The molecule has 3 saturated heterocycles. The normalized spacial score (nSPS) is 23.2. The SMILES string of the molecule is CC(C)=CC(CC(C)(C)c1ccc(N2CCOCC2)cc1)N1CCC2(CCOCC2)CC1. The zero-order valence-electron chi connectivity index (χ0n) is 20.9. The molecule has 0 saturated carbocycles. The number of morpholine rings is 1. The van der Waals surface area contributed by atoms with Crippen LogP contribution in [0.25, 0.3) is 0 Å². The van der Waals surface area contributed by atoms with Gasteiger partial charge in [0, 0.05) is 38.0 Å². The lowest BCUT2D eigenvalue weighted by atomic mass is 9.71. The maximum atomic E-state index is 5.65. The van der Waals surface area contributed by atoms with Crippen LogP contribution in [0.15, 0.2) is 35.9 Å². The van der Waals surface area contributed by atoms with Crippen molar-refractivity contribution >= 4 is 5.69 Å². The van der Waals surface area contributed by atoms with Crippen molar-refractivity contribution < 1.29 is 9.47 Å². The Labute approximate surface area is 195 Å². The van der Waals surface area contributed by atoms with Crippen LogP contribution in [-0.4, -0.2) is 63.5 Å². The minimum absolute atomic E-state index is 0.133. The molecule has 3 aliphatic heterocycles. The van der Waals surface area contributed by atoms with Crippen LogP contribution in [0.4, 0.5) is 5.69 Å². The molecule has 1 aromatic carbocycles. The largest absolute Gasteiger partial charge is 0.381 e. The second kappa shape index (κ2) is 10.3. The molecule has 178 valence electrons. The van der Waals surface area contributed by atoms with Crippen LogP contribution >= 0.6 is 0 Å². The second-order valence-electron chi connectivity index (χ2n) is 11.2. The van der Waals surface area contributed by atoms with Crippen LogP contribution in [-0.2, 0) is 14.9 Å². The Morgan fingerprint density at radius 1 is 0.906 bits per heavy atom. The van der Waals surface area contributed by atoms with Crippen molar-refractivity contribution in [1.29, 1.82) is 0 Å². The molecule has 3 heterocycles. The van der Waals surface area contributed by atoms with Crippen LogP contribution in [0.3, 0.4) is 0 Å². The maximum absolute atomic E-state index is 5.65. The van der Waals surface area contributed by atoms with Gasteiger partial charge >= 0.3 is 0 Å². The molecule has 0 aromatic heterocycles. The Morgan fingerprint density at radius 3 is 2.09 bits per heavy atom. The van der Waals surface area contributed by atoms with Crippen molar-refractivity contribution in [3.8, 4) is 0 Å². The van der Waals surface area contributed by atoms with E-state index in [-0.39, 0.29) is 5.41 Å². The summed E-state index contributed by atoms with van der Waals surface area (Å²) in [5.74, 6) is 0. The van der Waals surface area contributed by atoms with Crippen LogP contribution in [0.1, 0.15) is 65.4 Å². The lowest BCUT2D eigenvalue weighted by molar-refractivity contribution is -0.0259. The Bertz CT molecular complexity index is 744. The Morgan fingerprint density at radius 2 is 1.50 bits per heavy atom. The highest BCUT2D eigenvalue weighted by atomic mass is 16.5. The van der Waals surface area contributed by atoms with E-state index in [9.17, 15) is 0 Å². The Balaban J connectivity index is 1.43. The highest BCUT2D eigenvalue weighted by molar-refractivity contribution is 5.49. The lowest BCUT2D eigenvalue weighted by Crippen LogP contribution is -2.47. The summed E-state index contributed by atoms with van der Waals surface area (Å²) >= 11 is 0. The number of piperidine rings is 1. The molecule has 32 heavy (non-hydrogen) atoms. The van der Waals surface area contributed by atoms with Crippen LogP contribution in [0.5, 0.6) is 0 Å². The molecule has 0 aliphatic carbocycles. The first-order valence-corrected chi connectivity index (χ1v) is 12.8. The molecule has 0 amide bonds. The molecule has 3 fully saturated rings. The Kier molecular flexibility index (Phi) is 7.64. The molecule has 3 aliphatic rings. The van der Waals surface area contributed by atoms with Gasteiger partial charge < -0.3 is 14.4 Å². The first-order valence-electron chi connectivity index (χ1n) is 12.8. The highest BCUT2D eigenvalue weighted by Crippen LogP contribution is 2.42. The maximum Gasteiger partial charge on any atom is 0.0642 e. The zero-order valence-corrected chi connectivity index (χ0v) is 20.9. The van der Waals surface area contributed by atoms with E-state index in [1.165, 1.54) is 55.6 Å². The lowest BCUT2D eigenvalue weighted by Gasteiger charge is -2.47. The highest BCUT2D eigenvalue weighted by Gasteiger charge is 2.38. The van der Waals surface area contributed by atoms with Crippen LogP contribution < -0.4 is 4.90 Å². The van der Waals surface area contributed by atoms with Gasteiger partial charge in [-0.1, -0.05) is 37.6 Å². The summed E-state index contributed by atoms with van der Waals surface area (Å²) in [7, 11) is 0. The van der Waals surface area contributed by atoms with E-state index in [1.807, 2.05) is 0 Å². The smallest absolute Gasteiger partial charge is 0.0642 e. The third-order valence-electron chi connectivity index (χ3n) is 8.15. The van der Waals surface area contributed by atoms with E-state index in [0.717, 1.165) is 45.9 Å². The number of allylic oxidation sites excluding steroid dienone is 1. The van der Waals surface area contributed by atoms with Gasteiger partial charge in [-0.3, -0.25) is 4.90 Å². The summed E-state index contributed by atoms with van der Waals surface area (Å²) in [4.78, 5) is 5.20. The quantitative estimate of drug-likeness (QED) is 0.552. The molecular formula is C28H44N2O2. The van der Waals surface area contributed by atoms with Gasteiger partial charge in [0.05, 0.1) is 13.2 Å². The average molecular weight is 441 g/mol. The third-order valence-corrected chi connectivity index (χ3v) is 8.15. The minimum Gasteiger partial charge on any atom is -0.381 e. The number of likely N-dealkylation sites (tertiary alicyclic amines) is 1. The van der Waals surface area contributed by atoms with Gasteiger partial charge in [-0.2, -0.15) is 0 Å². The van der Waals surface area contributed by atoms with Crippen molar-refractivity contribution in [3.63, 3.8) is 0 Å². The molecule has 1 unspecified atom stereocenters. The third kappa shape index (κ3) is 5.76. The predicted molar refractivity (Wildman–Crippen MR) is 134 cm³/mol. The van der Waals surface area contributed by atoms with Crippen molar-refractivity contribution in [2.75, 3.05) is 57.5 Å². The van der Waals surface area contributed by atoms with Gasteiger partial charge in [0.15, 0.2) is 0 Å². The molecule has 1 atom stereocenters. The van der Waals surface area contributed by atoms with Gasteiger partial charge in [0.2, 0.25) is 0 Å². The van der Waals surface area contributed by atoms with E-state index in [1.54, 1.807) is 0 Å². The summed E-state index contributed by atoms with van der Waals surface area (Å²) < 4.78 is 11.2. The van der Waals surface area contributed by atoms with E-state index in [4.69, 9.17) is 9.47 Å². The molecule has 0 radical (unpaired) electrons. The Hall–Kier alpha value is -1.36. The summed E-state index contributed by atoms with van der Waals surface area (Å²) in [5, 5.41) is 0. The first kappa shape index (κ1) is 23.8.